The molecule has 1 aliphatic rings. The maximum atomic E-state index is 11.5. The molecule has 0 saturated carbocycles. The molecular formula is C12H21N3O7. The van der Waals surface area contributed by atoms with Gasteiger partial charge in [0.05, 0.1) is 4.96 Å². The maximum absolute atomic E-state index is 11.5. The van der Waals surface area contributed by atoms with Crippen LogP contribution in [0.4, 0.5) is 4.79 Å². The number of hydrogen-bond donors (Lipinski definition) is 1. The fourth-order valence-corrected chi connectivity index (χ4v) is 2.01. The van der Waals surface area contributed by atoms with Crippen LogP contribution in [0, 0.1) is 0 Å². The molecule has 0 spiro atoms. The third-order valence-electron chi connectivity index (χ3n) is 2.88. The number of aliphatic carboxylic acids is 1. The number of rotatable bonds is 5. The first kappa shape index (κ1) is 16.1. The van der Waals surface area contributed by atoms with Crippen LogP contribution in [0.25, 0.3) is 0 Å². The zero-order chi connectivity index (χ0) is 16.5. The van der Waals surface area contributed by atoms with Crippen LogP contribution in [0.3, 0.4) is 0 Å². The van der Waals surface area contributed by atoms with E-state index in [9.17, 15) is 9.59 Å². The summed E-state index contributed by atoms with van der Waals surface area (Å²) < 4.78 is 14.9. The van der Waals surface area contributed by atoms with E-state index in [1.54, 1.807) is 20.8 Å². The van der Waals surface area contributed by atoms with Gasteiger partial charge in [0.15, 0.2) is 0 Å². The molecule has 1 aromatic rings. The highest BCUT2D eigenvalue weighted by Gasteiger charge is 2.37. The molecule has 10 nitrogen and oxygen atoms in total. The van der Waals surface area contributed by atoms with Crippen molar-refractivity contribution >= 4 is 12.1 Å². The second-order valence-corrected chi connectivity index (χ2v) is 5.99. The summed E-state index contributed by atoms with van der Waals surface area (Å²) >= 11 is 0. The van der Waals surface area contributed by atoms with Crippen molar-refractivity contribution in [2.45, 2.75) is 58.5 Å². The summed E-state index contributed by atoms with van der Waals surface area (Å²) in [4.78, 5) is 28.9. The summed E-state index contributed by atoms with van der Waals surface area (Å²) in [5, 5.41) is 11.6. The van der Waals surface area contributed by atoms with Crippen molar-refractivity contribution in [2.24, 2.45) is 0 Å². The predicted octanol–water partition coefficient (Wildman–Crippen LogP) is 0.794. The number of carboxylic acid groups (broad SMARTS) is 1. The molecule has 2 heterocycles. The topological polar surface area (TPSA) is 108 Å². The zero-order valence-electron chi connectivity index (χ0n) is 13.0. The van der Waals surface area contributed by atoms with E-state index in [0.29, 0.717) is 13.0 Å². The van der Waals surface area contributed by atoms with E-state index in [-0.39, 0.29) is 0 Å². The molecule has 0 aromatic carbocycles. The normalized spacial score (nSPS) is 20.0. The predicted molar refractivity (Wildman–Crippen MR) is 71.8 cm³/mol. The van der Waals surface area contributed by atoms with Gasteiger partial charge in [0, 0.05) is 13.5 Å². The van der Waals surface area contributed by atoms with Crippen LogP contribution in [0.5, 0.6) is 0 Å². The number of carbonyl (C=O) groups excluding carboxylic acids is 1. The third kappa shape index (κ3) is 4.12. The third-order valence-corrected chi connectivity index (χ3v) is 2.88. The van der Waals surface area contributed by atoms with Crippen molar-refractivity contribution < 1.29 is 33.6 Å². The molecule has 1 saturated heterocycles. The maximum Gasteiger partial charge on any atom is 0.511 e. The quantitative estimate of drug-likeness (QED) is 0.627. The highest BCUT2D eigenvalue weighted by Crippen LogP contribution is 2.18. The first-order chi connectivity index (χ1) is 10.2. The second kappa shape index (κ2) is 5.85. The molecule has 1 N–H and O–H groups in total. The Morgan fingerprint density at radius 2 is 2.05 bits per heavy atom. The smallest absolute Gasteiger partial charge is 0.480 e. The Morgan fingerprint density at radius 3 is 2.64 bits per heavy atom. The van der Waals surface area contributed by atoms with Crippen molar-refractivity contribution in [3.8, 4) is 0 Å². The molecule has 0 amide bonds. The molecule has 0 radical (unpaired) electrons. The van der Waals surface area contributed by atoms with Gasteiger partial charge < -0.3 is 19.4 Å². The van der Waals surface area contributed by atoms with Gasteiger partial charge in [-0.25, -0.2) is 14.6 Å². The van der Waals surface area contributed by atoms with Crippen LogP contribution < -0.4 is 9.85 Å². The minimum absolute atomic E-state index is 0.535. The van der Waals surface area contributed by atoms with Crippen LogP contribution in [-0.4, -0.2) is 51.7 Å². The monoisotopic (exact) mass is 319 g/mol. The van der Waals surface area contributed by atoms with E-state index in [2.05, 4.69) is 0 Å². The fraction of sp³-hybridized carbons (Fsp3) is 0.833. The van der Waals surface area contributed by atoms with Crippen LogP contribution in [0.15, 0.2) is 4.63 Å². The number of hydrogen-bond acceptors (Lipinski definition) is 7. The summed E-state index contributed by atoms with van der Waals surface area (Å²) in [7, 11) is 0. The number of ether oxygens (including phenoxy) is 2. The van der Waals surface area contributed by atoms with Crippen LogP contribution in [0.1, 0.15) is 40.5 Å². The lowest BCUT2D eigenvalue weighted by Gasteiger charge is -2.20. The van der Waals surface area contributed by atoms with E-state index >= 15 is 0 Å². The highest BCUT2D eigenvalue weighted by atomic mass is 17.0. The summed E-state index contributed by atoms with van der Waals surface area (Å²) in [6, 6.07) is -0.657. The Balaban J connectivity index is 1.82. The molecule has 1 aromatic heterocycles. The first-order valence-corrected chi connectivity index (χ1v) is 7.01. The molecule has 10 heteroatoms. The Labute approximate surface area is 126 Å². The average molecular weight is 319 g/mol. The van der Waals surface area contributed by atoms with E-state index in [0.717, 1.165) is 11.4 Å². The van der Waals surface area contributed by atoms with Gasteiger partial charge >= 0.3 is 12.1 Å². The SMILES string of the molecule is CC(OC(=O)OC(C)(C)C)On1on1N1CCC[C@H]1C(=O)O. The minimum atomic E-state index is -0.953. The Hall–Kier alpha value is -2.26. The number of aromatic nitrogens is 2. The second-order valence-electron chi connectivity index (χ2n) is 5.99. The minimum Gasteiger partial charge on any atom is -0.480 e. The molecule has 1 unspecified atom stereocenters. The lowest BCUT2D eigenvalue weighted by Crippen LogP contribution is -2.43. The van der Waals surface area contributed by atoms with Crippen LogP contribution in [-0.2, 0) is 14.3 Å². The number of carbonyl (C=O) groups is 2. The summed E-state index contributed by atoms with van der Waals surface area (Å²) in [6.07, 6.45) is -0.537. The van der Waals surface area contributed by atoms with Crippen molar-refractivity contribution in [1.29, 1.82) is 0 Å². The van der Waals surface area contributed by atoms with Gasteiger partial charge in [-0.2, -0.15) is 4.63 Å². The van der Waals surface area contributed by atoms with E-state index in [1.165, 1.54) is 16.9 Å². The lowest BCUT2D eigenvalue weighted by molar-refractivity contribution is -0.142. The molecule has 126 valence electrons. The largest absolute Gasteiger partial charge is 0.511 e. The molecule has 1 fully saturated rings. The standard InChI is InChI=1S/C12H21N3O7/c1-8(19-11(18)20-12(2,3)4)21-15-14(22-15)13-7-5-6-9(13)10(16)17/h8-9H,5-7H2,1-4H3,(H,16,17)/t8?,9-,14?,15?/m0/s1. The van der Waals surface area contributed by atoms with Gasteiger partial charge in [-0.1, -0.05) is 0 Å². The number of carboxylic acids is 1. The van der Waals surface area contributed by atoms with Crippen molar-refractivity contribution in [3.63, 3.8) is 0 Å². The number of nitrogens with zero attached hydrogens (tertiary/aromatic N) is 3. The van der Waals surface area contributed by atoms with Gasteiger partial charge in [0.25, 0.3) is 6.29 Å². The first-order valence-electron chi connectivity index (χ1n) is 7.01. The van der Waals surface area contributed by atoms with E-state index < -0.39 is 30.1 Å². The van der Waals surface area contributed by atoms with E-state index in [4.69, 9.17) is 24.0 Å². The molecule has 0 bridgehead atoms. The Morgan fingerprint density at radius 1 is 1.36 bits per heavy atom. The Bertz CT molecular complexity index is 524. The molecule has 22 heavy (non-hydrogen) atoms. The lowest BCUT2D eigenvalue weighted by atomic mass is 10.2. The molecular weight excluding hydrogens is 298 g/mol. The average Bonchev–Trinajstić information content (AvgIpc) is 2.91. The fourth-order valence-electron chi connectivity index (χ4n) is 2.01. The van der Waals surface area contributed by atoms with Crippen molar-refractivity contribution in [3.05, 3.63) is 0 Å². The summed E-state index contributed by atoms with van der Waals surface area (Å²) in [6.45, 7) is 7.18. The summed E-state index contributed by atoms with van der Waals surface area (Å²) in [5.41, 5.74) is -0.663. The molecule has 2 rings (SSSR count). The highest BCUT2D eigenvalue weighted by molar-refractivity contribution is 5.75. The van der Waals surface area contributed by atoms with Gasteiger partial charge in [0.2, 0.25) is 0 Å². The van der Waals surface area contributed by atoms with Crippen LogP contribution >= 0.6 is 0 Å². The van der Waals surface area contributed by atoms with Crippen molar-refractivity contribution in [1.82, 2.24) is 9.98 Å². The van der Waals surface area contributed by atoms with Gasteiger partial charge in [-0.15, -0.1) is 0 Å². The Kier molecular flexibility index (Phi) is 4.29. The zero-order valence-corrected chi connectivity index (χ0v) is 13.0. The van der Waals surface area contributed by atoms with E-state index in [1.807, 2.05) is 0 Å². The van der Waals surface area contributed by atoms with Gasteiger partial charge in [-0.05, 0) is 33.6 Å². The molecule has 0 aliphatic carbocycles. The molecule has 1 aliphatic heterocycles. The van der Waals surface area contributed by atoms with Gasteiger partial charge in [-0.3, -0.25) is 0 Å². The molecule has 2 atom stereocenters. The summed E-state index contributed by atoms with van der Waals surface area (Å²) in [5.74, 6) is -0.925. The van der Waals surface area contributed by atoms with Crippen LogP contribution in [0.2, 0.25) is 0 Å². The van der Waals surface area contributed by atoms with Crippen molar-refractivity contribution in [2.75, 3.05) is 11.6 Å². The van der Waals surface area contributed by atoms with Gasteiger partial charge in [0.1, 0.15) is 16.7 Å².